The van der Waals surface area contributed by atoms with E-state index in [4.69, 9.17) is 16.3 Å². The van der Waals surface area contributed by atoms with Crippen LogP contribution >= 0.6 is 27.5 Å². The van der Waals surface area contributed by atoms with E-state index in [9.17, 15) is 20.0 Å². The van der Waals surface area contributed by atoms with Gasteiger partial charge in [-0.3, -0.25) is 10.1 Å². The Labute approximate surface area is 186 Å². The second-order valence-corrected chi connectivity index (χ2v) is 9.25. The van der Waals surface area contributed by atoms with Crippen molar-refractivity contribution in [2.24, 2.45) is 0 Å². The molecule has 3 rings (SSSR count). The molecule has 162 valence electrons. The van der Waals surface area contributed by atoms with Gasteiger partial charge in [0.2, 0.25) is 0 Å². The molecule has 0 aliphatic carbocycles. The lowest BCUT2D eigenvalue weighted by Gasteiger charge is -2.42. The molecule has 11 heteroatoms. The third-order valence-electron chi connectivity index (χ3n) is 4.69. The van der Waals surface area contributed by atoms with Crippen LogP contribution in [0.1, 0.15) is 20.8 Å². The van der Waals surface area contributed by atoms with Crippen LogP contribution < -0.4 is 4.90 Å². The number of hydrogen-bond acceptors (Lipinski definition) is 7. The number of nitrogens with zero attached hydrogens (tertiary/aromatic N) is 4. The summed E-state index contributed by atoms with van der Waals surface area (Å²) < 4.78 is 6.04. The molecule has 1 N–H and O–H groups in total. The summed E-state index contributed by atoms with van der Waals surface area (Å²) in [7, 11) is 0. The Morgan fingerprint density at radius 3 is 2.73 bits per heavy atom. The Hall–Kier alpha value is -2.17. The maximum Gasteiger partial charge on any atom is 0.410 e. The quantitative estimate of drug-likeness (QED) is 0.500. The van der Waals surface area contributed by atoms with Crippen LogP contribution in [0.4, 0.5) is 16.2 Å². The first-order chi connectivity index (χ1) is 14.0. The zero-order valence-corrected chi connectivity index (χ0v) is 19.1. The monoisotopic (exact) mass is 500 g/mol. The van der Waals surface area contributed by atoms with Gasteiger partial charge in [0.15, 0.2) is 0 Å². The Balaban J connectivity index is 2.02. The lowest BCUT2D eigenvalue weighted by molar-refractivity contribution is -0.384. The predicted octanol–water partition coefficient (Wildman–Crippen LogP) is 3.98. The molecule has 1 saturated heterocycles. The van der Waals surface area contributed by atoms with Crippen molar-refractivity contribution < 1.29 is 19.6 Å². The van der Waals surface area contributed by atoms with Crippen molar-refractivity contribution in [3.63, 3.8) is 0 Å². The number of hydrogen-bond donors (Lipinski definition) is 1. The minimum Gasteiger partial charge on any atom is -0.444 e. The minimum atomic E-state index is -0.646. The van der Waals surface area contributed by atoms with Gasteiger partial charge < -0.3 is 19.6 Å². The van der Waals surface area contributed by atoms with E-state index in [2.05, 4.69) is 20.9 Å². The predicted molar refractivity (Wildman–Crippen MR) is 117 cm³/mol. The summed E-state index contributed by atoms with van der Waals surface area (Å²) in [5.41, 5.74) is 0.0122. The van der Waals surface area contributed by atoms with E-state index in [-0.39, 0.29) is 31.9 Å². The lowest BCUT2D eigenvalue weighted by atomic mass is 10.1. The second-order valence-electron chi connectivity index (χ2n) is 7.99. The highest BCUT2D eigenvalue weighted by Crippen LogP contribution is 2.40. The number of ether oxygens (including phenoxy) is 1. The fraction of sp³-hybridized carbons (Fsp3) is 0.474. The van der Waals surface area contributed by atoms with Crippen LogP contribution in [-0.2, 0) is 4.74 Å². The van der Waals surface area contributed by atoms with Crippen molar-refractivity contribution in [2.75, 3.05) is 31.1 Å². The number of anilines is 1. The number of aromatic nitrogens is 1. The fourth-order valence-electron chi connectivity index (χ4n) is 3.40. The summed E-state index contributed by atoms with van der Waals surface area (Å²) in [4.78, 5) is 31.1. The van der Waals surface area contributed by atoms with Crippen molar-refractivity contribution in [1.29, 1.82) is 0 Å². The molecule has 1 aliphatic heterocycles. The van der Waals surface area contributed by atoms with Gasteiger partial charge in [0, 0.05) is 29.5 Å². The summed E-state index contributed by atoms with van der Waals surface area (Å²) in [6.45, 7) is 5.76. The molecule has 0 spiro atoms. The van der Waals surface area contributed by atoms with Crippen LogP contribution in [0.5, 0.6) is 0 Å². The summed E-state index contributed by atoms with van der Waals surface area (Å²) in [6.07, 6.45) is 0.717. The number of amides is 1. The van der Waals surface area contributed by atoms with E-state index >= 15 is 0 Å². The molecular formula is C19H22BrClN4O5. The van der Waals surface area contributed by atoms with E-state index in [0.29, 0.717) is 26.1 Å². The summed E-state index contributed by atoms with van der Waals surface area (Å²) >= 11 is 9.59. The summed E-state index contributed by atoms with van der Waals surface area (Å²) in [5, 5.41) is 22.6. The maximum atomic E-state index is 12.5. The van der Waals surface area contributed by atoms with Gasteiger partial charge >= 0.3 is 11.8 Å². The third kappa shape index (κ3) is 4.60. The van der Waals surface area contributed by atoms with Crippen molar-refractivity contribution in [3.05, 3.63) is 37.9 Å². The molecule has 1 unspecified atom stereocenters. The number of nitro groups is 1. The van der Waals surface area contributed by atoms with Crippen LogP contribution in [0.25, 0.3) is 10.9 Å². The number of fused-ring (bicyclic) bond motifs is 1. The third-order valence-corrected chi connectivity index (χ3v) is 5.89. The Kier molecular flexibility index (Phi) is 6.40. The van der Waals surface area contributed by atoms with Gasteiger partial charge in [-0.15, -0.1) is 0 Å². The first-order valence-electron chi connectivity index (χ1n) is 9.29. The van der Waals surface area contributed by atoms with Crippen molar-refractivity contribution in [2.45, 2.75) is 32.4 Å². The van der Waals surface area contributed by atoms with E-state index < -0.39 is 22.7 Å². The average molecular weight is 502 g/mol. The summed E-state index contributed by atoms with van der Waals surface area (Å²) in [5.74, 6) is 0. The van der Waals surface area contributed by atoms with Crippen LogP contribution in [-0.4, -0.2) is 63.9 Å². The van der Waals surface area contributed by atoms with Crippen LogP contribution in [0, 0.1) is 10.1 Å². The molecule has 1 atom stereocenters. The molecule has 30 heavy (non-hydrogen) atoms. The Morgan fingerprint density at radius 1 is 1.43 bits per heavy atom. The van der Waals surface area contributed by atoms with Gasteiger partial charge in [-0.2, -0.15) is 0 Å². The van der Waals surface area contributed by atoms with E-state index in [0.717, 1.165) is 0 Å². The van der Waals surface area contributed by atoms with Crippen LogP contribution in [0.15, 0.2) is 22.8 Å². The second kappa shape index (κ2) is 8.52. The van der Waals surface area contributed by atoms with Crippen LogP contribution in [0.2, 0.25) is 5.02 Å². The highest BCUT2D eigenvalue weighted by atomic mass is 79.9. The average Bonchev–Trinajstić information content (AvgIpc) is 2.66. The molecule has 9 nitrogen and oxygen atoms in total. The molecule has 0 bridgehead atoms. The van der Waals surface area contributed by atoms with Crippen molar-refractivity contribution in [1.82, 2.24) is 9.88 Å². The highest BCUT2D eigenvalue weighted by Gasteiger charge is 2.35. The minimum absolute atomic E-state index is 0.163. The van der Waals surface area contributed by atoms with Gasteiger partial charge in [-0.25, -0.2) is 9.78 Å². The van der Waals surface area contributed by atoms with Gasteiger partial charge in [-0.1, -0.05) is 11.6 Å². The number of aliphatic hydroxyl groups is 1. The molecule has 1 amide bonds. The van der Waals surface area contributed by atoms with Crippen molar-refractivity contribution in [3.8, 4) is 0 Å². The smallest absolute Gasteiger partial charge is 0.410 e. The first kappa shape index (κ1) is 22.5. The van der Waals surface area contributed by atoms with Crippen LogP contribution in [0.3, 0.4) is 0 Å². The number of benzene rings is 1. The molecule has 0 radical (unpaired) electrons. The number of carbonyl (C=O) groups excluding carboxylic acids is 1. The lowest BCUT2D eigenvalue weighted by Crippen LogP contribution is -2.57. The Morgan fingerprint density at radius 2 is 2.13 bits per heavy atom. The number of halogens is 2. The van der Waals surface area contributed by atoms with Gasteiger partial charge in [0.1, 0.15) is 17.5 Å². The normalized spacial score (nSPS) is 17.3. The maximum absolute atomic E-state index is 12.5. The zero-order valence-electron chi connectivity index (χ0n) is 16.8. The number of aliphatic hydroxyl groups excluding tert-OH is 1. The molecule has 1 aromatic carbocycles. The van der Waals surface area contributed by atoms with Crippen molar-refractivity contribution >= 4 is 55.9 Å². The number of rotatable bonds is 3. The standard InChI is InChI=1S/C19H22BrClN4O5/c1-19(2,3)30-18(27)23-4-5-24(11(9-23)10-26)17-12-6-14(21)13(20)7-15(12)22-8-16(17)25(28)29/h6-8,11,26H,4-5,9-10H2,1-3H3. The van der Waals surface area contributed by atoms with E-state index in [1.54, 1.807) is 37.8 Å². The first-order valence-corrected chi connectivity index (χ1v) is 10.5. The topological polar surface area (TPSA) is 109 Å². The molecule has 1 aromatic heterocycles. The Bertz CT molecular complexity index is 997. The van der Waals surface area contributed by atoms with Gasteiger partial charge in [0.05, 0.1) is 28.1 Å². The SMILES string of the molecule is CC(C)(C)OC(=O)N1CCN(c2c([N+](=O)[O-])cnc3cc(Br)c(Cl)cc23)C(CO)C1. The van der Waals surface area contributed by atoms with Gasteiger partial charge in [-0.05, 0) is 48.8 Å². The highest BCUT2D eigenvalue weighted by molar-refractivity contribution is 9.10. The molecular weight excluding hydrogens is 480 g/mol. The number of piperazine rings is 1. The zero-order chi connectivity index (χ0) is 22.2. The molecule has 1 fully saturated rings. The number of pyridine rings is 1. The van der Waals surface area contributed by atoms with Gasteiger partial charge in [0.25, 0.3) is 0 Å². The van der Waals surface area contributed by atoms with E-state index in [1.165, 1.54) is 11.1 Å². The van der Waals surface area contributed by atoms with E-state index in [1.807, 2.05) is 0 Å². The molecule has 0 saturated carbocycles. The summed E-state index contributed by atoms with van der Waals surface area (Å²) in [6, 6.07) is 2.75. The molecule has 2 heterocycles. The molecule has 1 aliphatic rings. The fourth-order valence-corrected chi connectivity index (χ4v) is 3.89. The largest absolute Gasteiger partial charge is 0.444 e. The number of carbonyl (C=O) groups is 1. The molecule has 2 aromatic rings.